The molecule has 0 bridgehead atoms. The first-order valence-corrected chi connectivity index (χ1v) is 6.46. The highest BCUT2D eigenvalue weighted by Gasteiger charge is 2.20. The molecule has 1 aromatic rings. The topological polar surface area (TPSA) is 98.0 Å². The molecule has 0 fully saturated rings. The van der Waals surface area contributed by atoms with Crippen molar-refractivity contribution in [2.24, 2.45) is 17.2 Å². The third kappa shape index (κ3) is 4.86. The predicted molar refractivity (Wildman–Crippen MR) is 75.9 cm³/mol. The molecule has 0 aliphatic rings. The number of nitrogens with zero attached hydrogens (tertiary/aromatic N) is 3. The zero-order chi connectivity index (χ0) is 14.5. The molecule has 4 N–H and O–H groups in total. The molecule has 0 aromatic carbocycles. The molecule has 0 amide bonds. The largest absolute Gasteiger partial charge is 0.464 e. The van der Waals surface area contributed by atoms with Crippen LogP contribution in [0.25, 0.3) is 0 Å². The molecular formula is C12H24N6O. The summed E-state index contributed by atoms with van der Waals surface area (Å²) in [6, 6.07) is 0.261. The second kappa shape index (κ2) is 6.51. The summed E-state index contributed by atoms with van der Waals surface area (Å²) in [5.41, 5.74) is 2.62. The number of nitrogen functional groups attached to an aromatic ring is 1. The maximum atomic E-state index is 5.32. The first-order chi connectivity index (χ1) is 8.86. The summed E-state index contributed by atoms with van der Waals surface area (Å²) in [6.07, 6.45) is 0. The monoisotopic (exact) mass is 268 g/mol. The lowest BCUT2D eigenvalue weighted by Gasteiger charge is -2.27. The Bertz CT molecular complexity index is 404. The van der Waals surface area contributed by atoms with Gasteiger partial charge in [0.15, 0.2) is 0 Å². The number of hydrogen-bond donors (Lipinski definition) is 3. The molecule has 1 unspecified atom stereocenters. The predicted octanol–water partition coefficient (Wildman–Crippen LogP) is 1.65. The highest BCUT2D eigenvalue weighted by molar-refractivity contribution is 5.34. The van der Waals surface area contributed by atoms with Crippen molar-refractivity contribution in [3.63, 3.8) is 0 Å². The molecule has 108 valence electrons. The van der Waals surface area contributed by atoms with E-state index in [2.05, 4.69) is 53.4 Å². The fourth-order valence-electron chi connectivity index (χ4n) is 1.24. The van der Waals surface area contributed by atoms with Gasteiger partial charge in [-0.25, -0.2) is 5.84 Å². The van der Waals surface area contributed by atoms with Gasteiger partial charge in [-0.15, -0.1) is 0 Å². The van der Waals surface area contributed by atoms with Gasteiger partial charge < -0.3 is 10.1 Å². The van der Waals surface area contributed by atoms with Crippen molar-refractivity contribution in [1.29, 1.82) is 0 Å². The Labute approximate surface area is 114 Å². The summed E-state index contributed by atoms with van der Waals surface area (Å²) in [5, 5.41) is 3.19. The van der Waals surface area contributed by atoms with Gasteiger partial charge >= 0.3 is 6.01 Å². The average Bonchev–Trinajstić information content (AvgIpc) is 2.34. The van der Waals surface area contributed by atoms with E-state index in [1.54, 1.807) is 0 Å². The molecule has 1 heterocycles. The Morgan fingerprint density at radius 3 is 2.37 bits per heavy atom. The van der Waals surface area contributed by atoms with E-state index < -0.39 is 0 Å². The van der Waals surface area contributed by atoms with Crippen LogP contribution in [0.1, 0.15) is 34.6 Å². The van der Waals surface area contributed by atoms with Gasteiger partial charge in [0.2, 0.25) is 11.9 Å². The van der Waals surface area contributed by atoms with Crippen molar-refractivity contribution in [3.8, 4) is 6.01 Å². The van der Waals surface area contributed by atoms with Crippen LogP contribution in [-0.2, 0) is 0 Å². The van der Waals surface area contributed by atoms with Crippen LogP contribution >= 0.6 is 0 Å². The van der Waals surface area contributed by atoms with Crippen LogP contribution in [0, 0.1) is 11.3 Å². The minimum Gasteiger partial charge on any atom is -0.464 e. The molecule has 0 saturated carbocycles. The van der Waals surface area contributed by atoms with Crippen molar-refractivity contribution in [1.82, 2.24) is 15.0 Å². The summed E-state index contributed by atoms with van der Waals surface area (Å²) in [7, 11) is 0. The fraction of sp³-hybridized carbons (Fsp3) is 0.750. The van der Waals surface area contributed by atoms with Crippen LogP contribution in [0.2, 0.25) is 0 Å². The van der Waals surface area contributed by atoms with E-state index in [9.17, 15) is 0 Å². The van der Waals surface area contributed by atoms with E-state index in [1.807, 2.05) is 6.92 Å². The second-order valence-corrected chi connectivity index (χ2v) is 5.49. The van der Waals surface area contributed by atoms with E-state index in [4.69, 9.17) is 10.6 Å². The third-order valence-electron chi connectivity index (χ3n) is 3.06. The van der Waals surface area contributed by atoms with E-state index in [1.165, 1.54) is 0 Å². The molecule has 0 saturated heterocycles. The summed E-state index contributed by atoms with van der Waals surface area (Å²) < 4.78 is 5.27. The number of aromatic nitrogens is 3. The Balaban J connectivity index is 2.74. The summed E-state index contributed by atoms with van der Waals surface area (Å²) in [6.45, 7) is 11.9. The van der Waals surface area contributed by atoms with Crippen molar-refractivity contribution >= 4 is 11.9 Å². The Hall–Kier alpha value is -1.63. The molecule has 0 radical (unpaired) electrons. The van der Waals surface area contributed by atoms with Crippen LogP contribution in [0.15, 0.2) is 0 Å². The van der Waals surface area contributed by atoms with Crippen LogP contribution in [0.3, 0.4) is 0 Å². The van der Waals surface area contributed by atoms with Gasteiger partial charge in [0, 0.05) is 6.54 Å². The van der Waals surface area contributed by atoms with Crippen molar-refractivity contribution in [2.75, 3.05) is 23.9 Å². The molecule has 1 atom stereocenters. The van der Waals surface area contributed by atoms with Gasteiger partial charge in [-0.3, -0.25) is 5.43 Å². The lowest BCUT2D eigenvalue weighted by Crippen LogP contribution is -2.25. The zero-order valence-corrected chi connectivity index (χ0v) is 12.3. The molecule has 0 spiro atoms. The molecule has 0 aliphatic heterocycles. The van der Waals surface area contributed by atoms with Crippen LogP contribution in [0.4, 0.5) is 11.9 Å². The summed E-state index contributed by atoms with van der Waals surface area (Å²) in [5.74, 6) is 6.53. The van der Waals surface area contributed by atoms with Crippen molar-refractivity contribution in [2.45, 2.75) is 34.6 Å². The van der Waals surface area contributed by atoms with Crippen molar-refractivity contribution < 1.29 is 4.74 Å². The van der Waals surface area contributed by atoms with Gasteiger partial charge in [0.1, 0.15) is 0 Å². The minimum atomic E-state index is 0.220. The minimum absolute atomic E-state index is 0.220. The van der Waals surface area contributed by atoms with Gasteiger partial charge in [0.25, 0.3) is 0 Å². The Morgan fingerprint density at radius 2 is 1.84 bits per heavy atom. The van der Waals surface area contributed by atoms with Gasteiger partial charge in [-0.1, -0.05) is 27.7 Å². The van der Waals surface area contributed by atoms with Crippen LogP contribution < -0.4 is 21.3 Å². The van der Waals surface area contributed by atoms with Gasteiger partial charge in [0.05, 0.1) is 6.61 Å². The highest BCUT2D eigenvalue weighted by atomic mass is 16.5. The number of nitrogens with two attached hydrogens (primary N) is 1. The standard InChI is InChI=1S/C12H24N6O/c1-6-19-11-16-9(15-10(17-11)18-13)14-7-8(2)12(3,4)5/h8H,6-7,13H2,1-5H3,(H2,14,15,16,17,18). The number of ether oxygens (including phenoxy) is 1. The Kier molecular flexibility index (Phi) is 5.29. The van der Waals surface area contributed by atoms with Gasteiger partial charge in [-0.2, -0.15) is 15.0 Å². The summed E-state index contributed by atoms with van der Waals surface area (Å²) >= 11 is 0. The molecule has 7 nitrogen and oxygen atoms in total. The molecule has 1 rings (SSSR count). The molecule has 1 aromatic heterocycles. The van der Waals surface area contributed by atoms with E-state index in [0.717, 1.165) is 6.54 Å². The smallest absolute Gasteiger partial charge is 0.323 e. The maximum absolute atomic E-state index is 5.32. The number of nitrogens with one attached hydrogen (secondary N) is 2. The number of anilines is 2. The Morgan fingerprint density at radius 1 is 1.21 bits per heavy atom. The van der Waals surface area contributed by atoms with E-state index >= 15 is 0 Å². The lowest BCUT2D eigenvalue weighted by molar-refractivity contribution is 0.274. The van der Waals surface area contributed by atoms with Crippen molar-refractivity contribution in [3.05, 3.63) is 0 Å². The third-order valence-corrected chi connectivity index (χ3v) is 3.06. The number of rotatable bonds is 6. The fourth-order valence-corrected chi connectivity index (χ4v) is 1.24. The number of hydrogen-bond acceptors (Lipinski definition) is 7. The molecule has 7 heteroatoms. The second-order valence-electron chi connectivity index (χ2n) is 5.49. The SMILES string of the molecule is CCOc1nc(NN)nc(NCC(C)C(C)(C)C)n1. The van der Waals surface area contributed by atoms with E-state index in [0.29, 0.717) is 18.5 Å². The highest BCUT2D eigenvalue weighted by Crippen LogP contribution is 2.25. The average molecular weight is 268 g/mol. The zero-order valence-electron chi connectivity index (χ0n) is 12.3. The van der Waals surface area contributed by atoms with Gasteiger partial charge in [-0.05, 0) is 18.3 Å². The van der Waals surface area contributed by atoms with Crippen LogP contribution in [-0.4, -0.2) is 28.1 Å². The summed E-state index contributed by atoms with van der Waals surface area (Å²) in [4.78, 5) is 12.3. The normalized spacial score (nSPS) is 12.9. The first-order valence-electron chi connectivity index (χ1n) is 6.46. The molecular weight excluding hydrogens is 244 g/mol. The maximum Gasteiger partial charge on any atom is 0.323 e. The first kappa shape index (κ1) is 15.4. The van der Waals surface area contributed by atoms with Crippen LogP contribution in [0.5, 0.6) is 6.01 Å². The quantitative estimate of drug-likeness (QED) is 0.533. The molecule has 19 heavy (non-hydrogen) atoms. The number of hydrazine groups is 1. The van der Waals surface area contributed by atoms with E-state index in [-0.39, 0.29) is 17.4 Å². The lowest BCUT2D eigenvalue weighted by atomic mass is 9.82. The molecule has 0 aliphatic carbocycles.